The number of aromatic hydroxyl groups is 1. The van der Waals surface area contributed by atoms with Crippen molar-refractivity contribution < 1.29 is 9.84 Å². The number of likely N-dealkylation sites (tertiary alicyclic amines) is 1. The first kappa shape index (κ1) is 9.97. The summed E-state index contributed by atoms with van der Waals surface area (Å²) in [5.41, 5.74) is 0.985. The van der Waals surface area contributed by atoms with Crippen molar-refractivity contribution in [2.24, 2.45) is 5.92 Å². The zero-order valence-electron chi connectivity index (χ0n) is 9.35. The maximum absolute atomic E-state index is 9.79. The third-order valence-electron chi connectivity index (χ3n) is 3.54. The predicted octanol–water partition coefficient (Wildman–Crippen LogP) is 1.65. The number of hydrogen-bond donors (Lipinski definition) is 1. The first-order valence-electron chi connectivity index (χ1n) is 5.99. The van der Waals surface area contributed by atoms with Crippen LogP contribution in [-0.4, -0.2) is 36.2 Å². The average Bonchev–Trinajstić information content (AvgIpc) is 2.24. The van der Waals surface area contributed by atoms with Gasteiger partial charge in [0.15, 0.2) is 0 Å². The highest BCUT2D eigenvalue weighted by molar-refractivity contribution is 5.45. The van der Waals surface area contributed by atoms with E-state index in [0.717, 1.165) is 30.9 Å². The molecule has 0 aromatic heterocycles. The summed E-state index contributed by atoms with van der Waals surface area (Å²) < 4.78 is 5.70. The van der Waals surface area contributed by atoms with E-state index in [1.54, 1.807) is 6.07 Å². The molecule has 0 amide bonds. The van der Waals surface area contributed by atoms with E-state index in [2.05, 4.69) is 4.90 Å². The van der Waals surface area contributed by atoms with Crippen LogP contribution in [-0.2, 0) is 6.42 Å². The van der Waals surface area contributed by atoms with Crippen molar-refractivity contribution in [1.29, 1.82) is 0 Å². The molecular formula is C13H17NO2. The SMILES string of the molecule is Oc1cccc2c1CC(CN1CCC1)CO2. The van der Waals surface area contributed by atoms with Gasteiger partial charge in [-0.15, -0.1) is 0 Å². The van der Waals surface area contributed by atoms with Gasteiger partial charge in [0.25, 0.3) is 0 Å². The normalized spacial score (nSPS) is 24.4. The molecule has 1 saturated heterocycles. The third kappa shape index (κ3) is 1.76. The molecule has 3 nitrogen and oxygen atoms in total. The zero-order valence-corrected chi connectivity index (χ0v) is 9.35. The minimum atomic E-state index is 0.380. The fourth-order valence-electron chi connectivity index (χ4n) is 2.50. The zero-order chi connectivity index (χ0) is 11.0. The van der Waals surface area contributed by atoms with E-state index in [9.17, 15) is 5.11 Å². The van der Waals surface area contributed by atoms with E-state index in [4.69, 9.17) is 4.74 Å². The molecule has 1 unspecified atom stereocenters. The van der Waals surface area contributed by atoms with Gasteiger partial charge in [-0.25, -0.2) is 0 Å². The number of nitrogens with zero attached hydrogens (tertiary/aromatic N) is 1. The first-order valence-corrected chi connectivity index (χ1v) is 5.99. The molecule has 3 heteroatoms. The smallest absolute Gasteiger partial charge is 0.126 e. The lowest BCUT2D eigenvalue weighted by Gasteiger charge is -2.35. The first-order chi connectivity index (χ1) is 7.83. The van der Waals surface area contributed by atoms with Crippen molar-refractivity contribution in [3.8, 4) is 11.5 Å². The second kappa shape index (κ2) is 3.98. The fraction of sp³-hybridized carbons (Fsp3) is 0.538. The quantitative estimate of drug-likeness (QED) is 0.821. The number of fused-ring (bicyclic) bond motifs is 1. The highest BCUT2D eigenvalue weighted by atomic mass is 16.5. The molecule has 2 heterocycles. The van der Waals surface area contributed by atoms with E-state index >= 15 is 0 Å². The summed E-state index contributed by atoms with van der Waals surface area (Å²) in [4.78, 5) is 2.46. The number of ether oxygens (including phenoxy) is 1. The molecular weight excluding hydrogens is 202 g/mol. The maximum Gasteiger partial charge on any atom is 0.126 e. The molecule has 0 aliphatic carbocycles. The Morgan fingerprint density at radius 2 is 2.25 bits per heavy atom. The van der Waals surface area contributed by atoms with Crippen molar-refractivity contribution in [2.75, 3.05) is 26.2 Å². The number of hydrogen-bond acceptors (Lipinski definition) is 3. The van der Waals surface area contributed by atoms with Crippen molar-refractivity contribution in [3.05, 3.63) is 23.8 Å². The van der Waals surface area contributed by atoms with Crippen molar-refractivity contribution >= 4 is 0 Å². The summed E-state index contributed by atoms with van der Waals surface area (Å²) in [6.07, 6.45) is 2.27. The van der Waals surface area contributed by atoms with Crippen LogP contribution in [0, 0.1) is 5.92 Å². The van der Waals surface area contributed by atoms with Crippen LogP contribution in [0.4, 0.5) is 0 Å². The molecule has 1 aromatic rings. The average molecular weight is 219 g/mol. The lowest BCUT2D eigenvalue weighted by molar-refractivity contribution is 0.115. The highest BCUT2D eigenvalue weighted by Gasteiger charge is 2.25. The summed E-state index contributed by atoms with van der Waals surface area (Å²) in [7, 11) is 0. The molecule has 1 N–H and O–H groups in total. The Balaban J connectivity index is 1.72. The lowest BCUT2D eigenvalue weighted by Crippen LogP contribution is -2.42. The molecule has 16 heavy (non-hydrogen) atoms. The molecule has 1 fully saturated rings. The number of phenolic OH excluding ortho intramolecular Hbond substituents is 1. The summed E-state index contributed by atoms with van der Waals surface area (Å²) in [6.45, 7) is 4.34. The van der Waals surface area contributed by atoms with Crippen LogP contribution < -0.4 is 4.74 Å². The van der Waals surface area contributed by atoms with Gasteiger partial charge in [0.2, 0.25) is 0 Å². The van der Waals surface area contributed by atoms with Gasteiger partial charge >= 0.3 is 0 Å². The van der Waals surface area contributed by atoms with Gasteiger partial charge in [0, 0.05) is 18.0 Å². The lowest BCUT2D eigenvalue weighted by atomic mass is 9.94. The molecule has 1 atom stereocenters. The standard InChI is InChI=1S/C13H17NO2/c15-12-3-1-4-13-11(12)7-10(9-16-13)8-14-5-2-6-14/h1,3-4,10,15H,2,5-9H2. The summed E-state index contributed by atoms with van der Waals surface area (Å²) in [5.74, 6) is 1.77. The Kier molecular flexibility index (Phi) is 2.48. The number of rotatable bonds is 2. The monoisotopic (exact) mass is 219 g/mol. The Morgan fingerprint density at radius 3 is 3.00 bits per heavy atom. The minimum Gasteiger partial charge on any atom is -0.508 e. The predicted molar refractivity (Wildman–Crippen MR) is 61.9 cm³/mol. The van der Waals surface area contributed by atoms with Crippen molar-refractivity contribution in [2.45, 2.75) is 12.8 Å². The van der Waals surface area contributed by atoms with Crippen LogP contribution in [0.15, 0.2) is 18.2 Å². The van der Waals surface area contributed by atoms with E-state index in [1.165, 1.54) is 19.5 Å². The van der Waals surface area contributed by atoms with Gasteiger partial charge < -0.3 is 14.7 Å². The van der Waals surface area contributed by atoms with E-state index in [1.807, 2.05) is 12.1 Å². The van der Waals surface area contributed by atoms with Crippen LogP contribution in [0.3, 0.4) is 0 Å². The minimum absolute atomic E-state index is 0.380. The fourth-order valence-corrected chi connectivity index (χ4v) is 2.50. The molecule has 0 spiro atoms. The summed E-state index contributed by atoms with van der Waals surface area (Å²) >= 11 is 0. The van der Waals surface area contributed by atoms with Crippen LogP contribution in [0.5, 0.6) is 11.5 Å². The van der Waals surface area contributed by atoms with Crippen LogP contribution in [0.1, 0.15) is 12.0 Å². The van der Waals surface area contributed by atoms with Gasteiger partial charge in [-0.05, 0) is 38.1 Å². The van der Waals surface area contributed by atoms with Gasteiger partial charge in [-0.1, -0.05) is 6.07 Å². The molecule has 1 aromatic carbocycles. The Morgan fingerprint density at radius 1 is 1.38 bits per heavy atom. The van der Waals surface area contributed by atoms with Crippen molar-refractivity contribution in [1.82, 2.24) is 4.90 Å². The second-order valence-electron chi connectivity index (χ2n) is 4.79. The topological polar surface area (TPSA) is 32.7 Å². The highest BCUT2D eigenvalue weighted by Crippen LogP contribution is 2.34. The van der Waals surface area contributed by atoms with Gasteiger partial charge in [-0.3, -0.25) is 0 Å². The molecule has 0 saturated carbocycles. The number of benzene rings is 1. The summed E-state index contributed by atoms with van der Waals surface area (Å²) in [6, 6.07) is 5.52. The maximum atomic E-state index is 9.79. The Bertz CT molecular complexity index is 388. The molecule has 2 aliphatic rings. The van der Waals surface area contributed by atoms with Crippen LogP contribution >= 0.6 is 0 Å². The molecule has 2 aliphatic heterocycles. The third-order valence-corrected chi connectivity index (χ3v) is 3.54. The largest absolute Gasteiger partial charge is 0.508 e. The Hall–Kier alpha value is -1.22. The molecule has 0 radical (unpaired) electrons. The van der Waals surface area contributed by atoms with Crippen LogP contribution in [0.25, 0.3) is 0 Å². The van der Waals surface area contributed by atoms with Gasteiger partial charge in [0.05, 0.1) is 6.61 Å². The van der Waals surface area contributed by atoms with E-state index < -0.39 is 0 Å². The molecule has 0 bridgehead atoms. The van der Waals surface area contributed by atoms with Crippen LogP contribution in [0.2, 0.25) is 0 Å². The number of phenols is 1. The second-order valence-corrected chi connectivity index (χ2v) is 4.79. The van der Waals surface area contributed by atoms with Gasteiger partial charge in [-0.2, -0.15) is 0 Å². The van der Waals surface area contributed by atoms with E-state index in [0.29, 0.717) is 11.7 Å². The molecule has 3 rings (SSSR count). The van der Waals surface area contributed by atoms with Gasteiger partial charge in [0.1, 0.15) is 11.5 Å². The van der Waals surface area contributed by atoms with E-state index in [-0.39, 0.29) is 0 Å². The Labute approximate surface area is 95.6 Å². The molecule has 86 valence electrons. The van der Waals surface area contributed by atoms with Crippen molar-refractivity contribution in [3.63, 3.8) is 0 Å². The summed E-state index contributed by atoms with van der Waals surface area (Å²) in [5, 5.41) is 9.79.